The second-order valence-electron chi connectivity index (χ2n) is 11.4. The number of nitrogens with zero attached hydrogens (tertiary/aromatic N) is 5. The minimum Gasteiger partial charge on any atom is -0.406 e. The summed E-state index contributed by atoms with van der Waals surface area (Å²) in [5, 5.41) is 9.49. The Morgan fingerprint density at radius 1 is 1.13 bits per heavy atom. The van der Waals surface area contributed by atoms with Crippen molar-refractivity contribution in [2.45, 2.75) is 59.4 Å². The molecule has 1 saturated heterocycles. The van der Waals surface area contributed by atoms with E-state index in [2.05, 4.69) is 82.7 Å². The largest absolute Gasteiger partial charge is 0.573 e. The highest BCUT2D eigenvalue weighted by atomic mass is 32.2. The third-order valence-corrected chi connectivity index (χ3v) is 8.43. The quantitative estimate of drug-likeness (QED) is 0.148. The average Bonchev–Trinajstić information content (AvgIpc) is 2.99. The molecular weight excluding hydrogens is 625 g/mol. The van der Waals surface area contributed by atoms with Gasteiger partial charge in [-0.15, -0.1) is 13.2 Å². The van der Waals surface area contributed by atoms with Gasteiger partial charge in [0.15, 0.2) is 11.0 Å². The Labute approximate surface area is 278 Å². The number of benzene rings is 3. The molecule has 1 fully saturated rings. The van der Waals surface area contributed by atoms with Crippen LogP contribution in [0.5, 0.6) is 5.75 Å². The SMILES string of the molecule is C=N/C(=N\N(C)c1ccc(OC(F)(F)F)cc1)c1ccc(/C=C(\C)NC(=O)/N=C2\SCCC(C)N2c2cccc(C)c2C(C)C)cc1. The normalized spacial score (nSPS) is 16.8. The second-order valence-corrected chi connectivity index (χ2v) is 12.5. The van der Waals surface area contributed by atoms with Crippen molar-refractivity contribution < 1.29 is 22.7 Å². The molecule has 0 aliphatic carbocycles. The number of rotatable bonds is 8. The van der Waals surface area contributed by atoms with Crippen molar-refractivity contribution in [2.75, 3.05) is 22.7 Å². The molecule has 8 nitrogen and oxygen atoms in total. The van der Waals surface area contributed by atoms with Crippen LogP contribution in [0.4, 0.5) is 29.3 Å². The van der Waals surface area contributed by atoms with Crippen LogP contribution in [0.1, 0.15) is 62.3 Å². The number of amidine groups is 2. The average molecular weight is 665 g/mol. The fourth-order valence-electron chi connectivity index (χ4n) is 5.30. The molecule has 3 aromatic carbocycles. The number of aliphatic imine (C=N–C) groups is 2. The van der Waals surface area contributed by atoms with Crippen LogP contribution in [0.2, 0.25) is 0 Å². The third-order valence-electron chi connectivity index (χ3n) is 7.44. The molecule has 248 valence electrons. The number of anilines is 2. The van der Waals surface area contributed by atoms with Gasteiger partial charge in [-0.3, -0.25) is 5.01 Å². The Hall–Kier alpha value is -4.58. The van der Waals surface area contributed by atoms with Gasteiger partial charge >= 0.3 is 12.4 Å². The Bertz CT molecular complexity index is 1670. The van der Waals surface area contributed by atoms with E-state index in [1.54, 1.807) is 25.7 Å². The smallest absolute Gasteiger partial charge is 0.406 e. The van der Waals surface area contributed by atoms with E-state index < -0.39 is 12.4 Å². The van der Waals surface area contributed by atoms with Crippen molar-refractivity contribution >= 4 is 53.0 Å². The fraction of sp³-hybridized carbons (Fsp3) is 0.314. The van der Waals surface area contributed by atoms with Crippen LogP contribution in [0.15, 0.2) is 87.5 Å². The molecule has 12 heteroatoms. The van der Waals surface area contributed by atoms with E-state index in [1.165, 1.54) is 40.4 Å². The van der Waals surface area contributed by atoms with E-state index in [1.807, 2.05) is 30.3 Å². The fourth-order valence-corrected chi connectivity index (χ4v) is 6.51. The lowest BCUT2D eigenvalue weighted by Crippen LogP contribution is -2.42. The number of carbonyl (C=O) groups is 1. The Morgan fingerprint density at radius 3 is 2.43 bits per heavy atom. The van der Waals surface area contributed by atoms with E-state index in [-0.39, 0.29) is 11.8 Å². The number of hydrazone groups is 1. The number of thioether (sulfide) groups is 1. The van der Waals surface area contributed by atoms with Crippen LogP contribution in [-0.4, -0.2) is 49.0 Å². The number of hydrogen-bond donors (Lipinski definition) is 1. The first-order chi connectivity index (χ1) is 22.3. The zero-order valence-electron chi connectivity index (χ0n) is 27.3. The van der Waals surface area contributed by atoms with Gasteiger partial charge in [-0.2, -0.15) is 10.1 Å². The second kappa shape index (κ2) is 15.3. The topological polar surface area (TPSA) is 81.9 Å². The molecule has 1 unspecified atom stereocenters. The first-order valence-corrected chi connectivity index (χ1v) is 16.1. The molecule has 3 aromatic rings. The number of nitrogens with one attached hydrogen (secondary N) is 1. The van der Waals surface area contributed by atoms with E-state index in [9.17, 15) is 18.0 Å². The van der Waals surface area contributed by atoms with Crippen LogP contribution < -0.4 is 20.0 Å². The van der Waals surface area contributed by atoms with E-state index in [0.717, 1.165) is 23.4 Å². The van der Waals surface area contributed by atoms with E-state index in [4.69, 9.17) is 0 Å². The zero-order chi connectivity index (χ0) is 34.3. The lowest BCUT2D eigenvalue weighted by molar-refractivity contribution is -0.274. The Balaban J connectivity index is 1.46. The summed E-state index contributed by atoms with van der Waals surface area (Å²) in [6.45, 7) is 14.1. The van der Waals surface area contributed by atoms with Crippen molar-refractivity contribution in [3.05, 3.63) is 94.7 Å². The van der Waals surface area contributed by atoms with Crippen molar-refractivity contribution in [3.8, 4) is 5.75 Å². The molecule has 0 spiro atoms. The van der Waals surface area contributed by atoms with Crippen molar-refractivity contribution in [1.82, 2.24) is 5.32 Å². The molecule has 1 atom stereocenters. The van der Waals surface area contributed by atoms with Gasteiger partial charge in [0.25, 0.3) is 0 Å². The first-order valence-electron chi connectivity index (χ1n) is 15.1. The highest BCUT2D eigenvalue weighted by Gasteiger charge is 2.31. The highest BCUT2D eigenvalue weighted by molar-refractivity contribution is 8.14. The summed E-state index contributed by atoms with van der Waals surface area (Å²) in [4.78, 5) is 23.8. The molecule has 1 heterocycles. The standard InChI is InChI=1S/C35H39F3N6O2S/c1-22(2)31-23(3)9-8-10-30(31)44-25(5)19-20-47-34(44)41-33(45)40-24(4)21-26-11-13-27(14-12-26)32(39-6)42-43(7)28-15-17-29(18-16-28)46-35(36,37)38/h8-18,21-22,25H,6,19-20H2,1-5,7H3,(H,40,45)/b24-21+,41-34-,42-32-. The van der Waals surface area contributed by atoms with Gasteiger partial charge < -0.3 is 15.0 Å². The molecule has 4 rings (SSSR count). The minimum absolute atomic E-state index is 0.203. The third kappa shape index (κ3) is 9.47. The van der Waals surface area contributed by atoms with Crippen molar-refractivity contribution in [2.24, 2.45) is 15.1 Å². The summed E-state index contributed by atoms with van der Waals surface area (Å²) in [5.41, 5.74) is 6.23. The Morgan fingerprint density at radius 2 is 1.81 bits per heavy atom. The number of allylic oxidation sites excluding steroid dienone is 1. The lowest BCUT2D eigenvalue weighted by Gasteiger charge is -2.37. The van der Waals surface area contributed by atoms with Gasteiger partial charge in [-0.25, -0.2) is 9.79 Å². The lowest BCUT2D eigenvalue weighted by atomic mass is 9.95. The molecule has 0 radical (unpaired) electrons. The summed E-state index contributed by atoms with van der Waals surface area (Å²) in [7, 11) is 1.65. The van der Waals surface area contributed by atoms with Gasteiger partial charge in [0, 0.05) is 35.8 Å². The molecule has 1 N–H and O–H groups in total. The van der Waals surface area contributed by atoms with Crippen LogP contribution in [0.3, 0.4) is 0 Å². The number of hydrogen-bond acceptors (Lipinski definition) is 5. The van der Waals surface area contributed by atoms with Gasteiger partial charge in [-0.1, -0.05) is 62.0 Å². The molecule has 47 heavy (non-hydrogen) atoms. The first kappa shape index (κ1) is 35.3. The molecule has 0 aromatic heterocycles. The maximum absolute atomic E-state index is 13.1. The molecule has 2 amide bonds. The molecular formula is C35H39F3N6O2S. The number of ether oxygens (including phenoxy) is 1. The number of aryl methyl sites for hydroxylation is 1. The summed E-state index contributed by atoms with van der Waals surface area (Å²) >= 11 is 1.59. The summed E-state index contributed by atoms with van der Waals surface area (Å²) in [5.74, 6) is 1.20. The van der Waals surface area contributed by atoms with Crippen molar-refractivity contribution in [1.29, 1.82) is 0 Å². The predicted octanol–water partition coefficient (Wildman–Crippen LogP) is 8.97. The number of urea groups is 1. The molecule has 1 aliphatic rings. The van der Waals surface area contributed by atoms with Crippen LogP contribution in [-0.2, 0) is 0 Å². The van der Waals surface area contributed by atoms with Crippen LogP contribution in [0.25, 0.3) is 6.08 Å². The van der Waals surface area contributed by atoms with E-state index in [0.29, 0.717) is 33.9 Å². The van der Waals surface area contributed by atoms with Gasteiger partial charge in [-0.05, 0) is 92.9 Å². The molecule has 0 saturated carbocycles. The van der Waals surface area contributed by atoms with Crippen LogP contribution >= 0.6 is 11.8 Å². The maximum Gasteiger partial charge on any atom is 0.573 e. The van der Waals surface area contributed by atoms with Gasteiger partial charge in [0.1, 0.15) is 5.75 Å². The molecule has 1 aliphatic heterocycles. The Kier molecular flexibility index (Phi) is 11.5. The summed E-state index contributed by atoms with van der Waals surface area (Å²) < 4.78 is 41.3. The van der Waals surface area contributed by atoms with Gasteiger partial charge in [0.2, 0.25) is 0 Å². The van der Waals surface area contributed by atoms with Crippen molar-refractivity contribution in [3.63, 3.8) is 0 Å². The highest BCUT2D eigenvalue weighted by Crippen LogP contribution is 2.36. The minimum atomic E-state index is -4.76. The monoisotopic (exact) mass is 664 g/mol. The van der Waals surface area contributed by atoms with Crippen LogP contribution in [0, 0.1) is 6.92 Å². The number of alkyl halides is 3. The predicted molar refractivity (Wildman–Crippen MR) is 188 cm³/mol. The number of carbonyl (C=O) groups excluding carboxylic acids is 1. The van der Waals surface area contributed by atoms with E-state index >= 15 is 0 Å². The number of amides is 2. The molecule has 0 bridgehead atoms. The zero-order valence-corrected chi connectivity index (χ0v) is 28.1. The summed E-state index contributed by atoms with van der Waals surface area (Å²) in [6.07, 6.45) is -1.94. The maximum atomic E-state index is 13.1. The summed E-state index contributed by atoms with van der Waals surface area (Å²) in [6, 6.07) is 18.7. The van der Waals surface area contributed by atoms with Gasteiger partial charge in [0.05, 0.1) is 5.69 Å². The number of halogens is 3.